The Hall–Kier alpha value is -3.42. The third-order valence-corrected chi connectivity index (χ3v) is 4.03. The highest BCUT2D eigenvalue weighted by Crippen LogP contribution is 2.27. The van der Waals surface area contributed by atoms with E-state index in [4.69, 9.17) is 5.11 Å². The van der Waals surface area contributed by atoms with Gasteiger partial charge in [-0.1, -0.05) is 30.3 Å². The van der Waals surface area contributed by atoms with E-state index >= 15 is 0 Å². The second kappa shape index (κ2) is 9.33. The number of nitrogens with one attached hydrogen (secondary N) is 1. The fraction of sp³-hybridized carbons (Fsp3) is 0.263. The number of rotatable bonds is 9. The van der Waals surface area contributed by atoms with Crippen molar-refractivity contribution in [1.29, 1.82) is 0 Å². The lowest BCUT2D eigenvalue weighted by molar-refractivity contribution is -0.384. The van der Waals surface area contributed by atoms with Gasteiger partial charge in [-0.2, -0.15) is 0 Å². The summed E-state index contributed by atoms with van der Waals surface area (Å²) in [6.45, 7) is 2.50. The first-order valence-electron chi connectivity index (χ1n) is 8.49. The van der Waals surface area contributed by atoms with Crippen LogP contribution in [0.3, 0.4) is 0 Å². The molecule has 2 aromatic carbocycles. The summed E-state index contributed by atoms with van der Waals surface area (Å²) in [5, 5.41) is 23.2. The molecular formula is C19H21N3O5. The predicted octanol–water partition coefficient (Wildman–Crippen LogP) is 3.14. The molecule has 0 aliphatic heterocycles. The average Bonchev–Trinajstić information content (AvgIpc) is 2.67. The molecule has 0 aromatic heterocycles. The summed E-state index contributed by atoms with van der Waals surface area (Å²) in [6.07, 6.45) is -0.182. The molecule has 0 aliphatic rings. The Morgan fingerprint density at radius 2 is 1.89 bits per heavy atom. The number of hydrogen-bond donors (Lipinski definition) is 2. The second-order valence-corrected chi connectivity index (χ2v) is 5.86. The number of hydrogen-bond acceptors (Lipinski definition) is 5. The molecule has 0 fully saturated rings. The summed E-state index contributed by atoms with van der Waals surface area (Å²) in [6, 6.07) is 13.7. The second-order valence-electron chi connectivity index (χ2n) is 5.86. The molecule has 8 heteroatoms. The van der Waals surface area contributed by atoms with Gasteiger partial charge in [0.25, 0.3) is 11.6 Å². The van der Waals surface area contributed by atoms with Gasteiger partial charge in [-0.3, -0.25) is 19.7 Å². The Morgan fingerprint density at radius 1 is 1.19 bits per heavy atom. The number of nitro groups is 1. The number of nitro benzene ring substituents is 1. The van der Waals surface area contributed by atoms with E-state index in [0.717, 1.165) is 5.56 Å². The number of carboxylic acids is 1. The van der Waals surface area contributed by atoms with Crippen LogP contribution in [0.2, 0.25) is 0 Å². The van der Waals surface area contributed by atoms with E-state index in [1.54, 1.807) is 6.92 Å². The van der Waals surface area contributed by atoms with E-state index in [0.29, 0.717) is 18.8 Å². The van der Waals surface area contributed by atoms with Gasteiger partial charge in [0.05, 0.1) is 11.3 Å². The zero-order chi connectivity index (χ0) is 19.8. The quantitative estimate of drug-likeness (QED) is 0.517. The Bertz CT molecular complexity index is 823. The molecule has 0 bridgehead atoms. The van der Waals surface area contributed by atoms with Gasteiger partial charge < -0.3 is 15.3 Å². The molecule has 8 nitrogen and oxygen atoms in total. The first-order valence-corrected chi connectivity index (χ1v) is 8.49. The maximum atomic E-state index is 12.5. The first kappa shape index (κ1) is 19.9. The van der Waals surface area contributed by atoms with Crippen molar-refractivity contribution in [2.45, 2.75) is 19.9 Å². The fourth-order valence-electron chi connectivity index (χ4n) is 2.57. The summed E-state index contributed by atoms with van der Waals surface area (Å²) in [5.41, 5.74) is 1.23. The Kier molecular flexibility index (Phi) is 6.87. The molecule has 0 atom stereocenters. The molecular weight excluding hydrogens is 350 g/mol. The van der Waals surface area contributed by atoms with Crippen molar-refractivity contribution >= 4 is 23.3 Å². The van der Waals surface area contributed by atoms with Gasteiger partial charge in [-0.05, 0) is 24.6 Å². The molecule has 0 spiro atoms. The lowest BCUT2D eigenvalue weighted by Gasteiger charge is -2.20. The topological polar surface area (TPSA) is 113 Å². The molecule has 0 saturated heterocycles. The van der Waals surface area contributed by atoms with Crippen molar-refractivity contribution in [1.82, 2.24) is 4.90 Å². The molecule has 27 heavy (non-hydrogen) atoms. The number of carboxylic acid groups (broad SMARTS) is 1. The number of aliphatic carboxylic acids is 1. The van der Waals surface area contributed by atoms with Crippen LogP contribution >= 0.6 is 0 Å². The Morgan fingerprint density at radius 3 is 2.48 bits per heavy atom. The minimum Gasteiger partial charge on any atom is -0.481 e. The summed E-state index contributed by atoms with van der Waals surface area (Å²) < 4.78 is 0. The van der Waals surface area contributed by atoms with Crippen LogP contribution in [-0.2, 0) is 11.3 Å². The van der Waals surface area contributed by atoms with Crippen LogP contribution in [-0.4, -0.2) is 39.9 Å². The van der Waals surface area contributed by atoms with E-state index in [-0.39, 0.29) is 24.2 Å². The summed E-state index contributed by atoms with van der Waals surface area (Å²) in [7, 11) is 0. The Balaban J connectivity index is 2.19. The van der Waals surface area contributed by atoms with Crippen molar-refractivity contribution in [3.05, 3.63) is 69.8 Å². The van der Waals surface area contributed by atoms with Gasteiger partial charge in [0.1, 0.15) is 5.69 Å². The number of benzene rings is 2. The van der Waals surface area contributed by atoms with E-state index in [1.807, 2.05) is 30.3 Å². The van der Waals surface area contributed by atoms with Gasteiger partial charge in [-0.25, -0.2) is 0 Å². The molecule has 2 aromatic rings. The minimum absolute atomic E-state index is 0.0481. The van der Waals surface area contributed by atoms with Gasteiger partial charge in [-0.15, -0.1) is 0 Å². The SMILES string of the molecule is CCN(CCC(=O)O)C(=O)c1ccc(NCc2ccccc2)c([N+](=O)[O-])c1. The normalized spacial score (nSPS) is 10.3. The van der Waals surface area contributed by atoms with Crippen molar-refractivity contribution < 1.29 is 19.6 Å². The molecule has 0 saturated carbocycles. The largest absolute Gasteiger partial charge is 0.481 e. The average molecular weight is 371 g/mol. The monoisotopic (exact) mass is 371 g/mol. The smallest absolute Gasteiger partial charge is 0.305 e. The van der Waals surface area contributed by atoms with Gasteiger partial charge >= 0.3 is 5.97 Å². The number of nitrogens with zero attached hydrogens (tertiary/aromatic N) is 2. The highest BCUT2D eigenvalue weighted by Gasteiger charge is 2.21. The first-order chi connectivity index (χ1) is 12.9. The maximum Gasteiger partial charge on any atom is 0.305 e. The van der Waals surface area contributed by atoms with Crippen LogP contribution in [0.25, 0.3) is 0 Å². The lowest BCUT2D eigenvalue weighted by atomic mass is 10.1. The number of amides is 1. The van der Waals surface area contributed by atoms with Crippen LogP contribution in [0.15, 0.2) is 48.5 Å². The van der Waals surface area contributed by atoms with Gasteiger partial charge in [0.15, 0.2) is 0 Å². The van der Waals surface area contributed by atoms with Crippen molar-refractivity contribution in [3.8, 4) is 0 Å². The zero-order valence-corrected chi connectivity index (χ0v) is 14.9. The van der Waals surface area contributed by atoms with E-state index in [1.165, 1.54) is 23.1 Å². The number of carbonyl (C=O) groups is 2. The van der Waals surface area contributed by atoms with Crippen LogP contribution in [0.4, 0.5) is 11.4 Å². The van der Waals surface area contributed by atoms with Crippen LogP contribution in [0.5, 0.6) is 0 Å². The fourth-order valence-corrected chi connectivity index (χ4v) is 2.57. The highest BCUT2D eigenvalue weighted by atomic mass is 16.6. The summed E-state index contributed by atoms with van der Waals surface area (Å²) in [4.78, 5) is 35.5. The van der Waals surface area contributed by atoms with E-state index in [9.17, 15) is 19.7 Å². The van der Waals surface area contributed by atoms with Gasteiger partial charge in [0, 0.05) is 31.3 Å². The third-order valence-electron chi connectivity index (χ3n) is 4.03. The molecule has 1 amide bonds. The highest BCUT2D eigenvalue weighted by molar-refractivity contribution is 5.96. The van der Waals surface area contributed by atoms with Crippen molar-refractivity contribution in [2.75, 3.05) is 18.4 Å². The molecule has 0 unspecified atom stereocenters. The lowest BCUT2D eigenvalue weighted by Crippen LogP contribution is -2.32. The van der Waals surface area contributed by atoms with Crippen LogP contribution in [0, 0.1) is 10.1 Å². The van der Waals surface area contributed by atoms with E-state index < -0.39 is 16.8 Å². The van der Waals surface area contributed by atoms with Crippen LogP contribution < -0.4 is 5.32 Å². The minimum atomic E-state index is -1.01. The van der Waals surface area contributed by atoms with Gasteiger partial charge in [0.2, 0.25) is 0 Å². The summed E-state index contributed by atoms with van der Waals surface area (Å²) in [5.74, 6) is -1.44. The van der Waals surface area contributed by atoms with E-state index in [2.05, 4.69) is 5.32 Å². The number of anilines is 1. The predicted molar refractivity (Wildman–Crippen MR) is 101 cm³/mol. The van der Waals surface area contributed by atoms with Crippen molar-refractivity contribution in [3.63, 3.8) is 0 Å². The summed E-state index contributed by atoms with van der Waals surface area (Å²) >= 11 is 0. The molecule has 2 rings (SSSR count). The maximum absolute atomic E-state index is 12.5. The zero-order valence-electron chi connectivity index (χ0n) is 14.9. The molecule has 0 heterocycles. The molecule has 0 aliphatic carbocycles. The molecule has 142 valence electrons. The van der Waals surface area contributed by atoms with Crippen molar-refractivity contribution in [2.24, 2.45) is 0 Å². The standard InChI is InChI=1S/C19H21N3O5/c1-2-21(11-10-18(23)24)19(25)15-8-9-16(17(12-15)22(26)27)20-13-14-6-4-3-5-7-14/h3-9,12,20H,2,10-11,13H2,1H3,(H,23,24). The molecule has 0 radical (unpaired) electrons. The number of carbonyl (C=O) groups excluding carboxylic acids is 1. The Labute approximate surface area is 156 Å². The van der Waals surface area contributed by atoms with Crippen LogP contribution in [0.1, 0.15) is 29.3 Å². The third kappa shape index (κ3) is 5.53. The molecule has 2 N–H and O–H groups in total.